The third-order valence-electron chi connectivity index (χ3n) is 6.24. The highest BCUT2D eigenvalue weighted by Gasteiger charge is 2.25. The molecular weight excluding hydrogens is 416 g/mol. The van der Waals surface area contributed by atoms with Crippen LogP contribution in [0, 0.1) is 0 Å². The number of para-hydroxylation sites is 1. The van der Waals surface area contributed by atoms with Crippen molar-refractivity contribution >= 4 is 33.9 Å². The lowest BCUT2D eigenvalue weighted by atomic mass is 10.1. The number of hydrogen-bond donors (Lipinski definition) is 2. The number of aryl methyl sites for hydroxylation is 1. The van der Waals surface area contributed by atoms with Crippen molar-refractivity contribution in [2.24, 2.45) is 7.05 Å². The van der Waals surface area contributed by atoms with Crippen molar-refractivity contribution in [2.75, 3.05) is 43.3 Å². The zero-order valence-electron chi connectivity index (χ0n) is 19.1. The molecule has 0 spiro atoms. The van der Waals surface area contributed by atoms with Gasteiger partial charge in [0.2, 0.25) is 5.95 Å². The number of nitrogens with two attached hydrogens (primary N) is 1. The van der Waals surface area contributed by atoms with E-state index in [-0.39, 0.29) is 6.10 Å². The minimum Gasteiger partial charge on any atom is -0.494 e. The van der Waals surface area contributed by atoms with Gasteiger partial charge in [-0.3, -0.25) is 0 Å². The summed E-state index contributed by atoms with van der Waals surface area (Å²) in [6, 6.07) is 14.0. The maximum atomic E-state index is 6.43. The van der Waals surface area contributed by atoms with E-state index in [1.54, 1.807) is 20.4 Å². The predicted octanol–water partition coefficient (Wildman–Crippen LogP) is 4.19. The Hall–Kier alpha value is -3.78. The number of hydrogen-bond acceptors (Lipinski definition) is 7. The van der Waals surface area contributed by atoms with Gasteiger partial charge in [-0.25, -0.2) is 9.97 Å². The van der Waals surface area contributed by atoms with Crippen LogP contribution in [0.4, 0.5) is 23.0 Å². The standard InChI is InChI=1S/C25H28N6O2/c1-30-15-18(17-6-4-5-7-22(17)30)20-8-10-27-25(28-20)29-21-12-19(26)23(13-24(21)33-3)31-11-9-16(14-31)32-2/h4-8,10,12-13,15-16H,9,11,14,26H2,1-3H3,(H,27,28,29). The molecule has 2 aromatic carbocycles. The minimum atomic E-state index is 0.221. The van der Waals surface area contributed by atoms with E-state index in [9.17, 15) is 0 Å². The second kappa shape index (κ2) is 8.63. The van der Waals surface area contributed by atoms with Crippen LogP contribution >= 0.6 is 0 Å². The molecule has 1 saturated heterocycles. The summed E-state index contributed by atoms with van der Waals surface area (Å²) in [5.74, 6) is 1.16. The molecule has 0 bridgehead atoms. The average Bonchev–Trinajstić information content (AvgIpc) is 3.44. The second-order valence-electron chi connectivity index (χ2n) is 8.27. The van der Waals surface area contributed by atoms with Crippen molar-refractivity contribution in [1.82, 2.24) is 14.5 Å². The summed E-state index contributed by atoms with van der Waals surface area (Å²) in [4.78, 5) is 11.4. The summed E-state index contributed by atoms with van der Waals surface area (Å²) in [5.41, 5.74) is 11.8. The van der Waals surface area contributed by atoms with E-state index in [1.165, 1.54) is 0 Å². The Balaban J connectivity index is 1.45. The molecule has 0 saturated carbocycles. The van der Waals surface area contributed by atoms with Gasteiger partial charge in [-0.15, -0.1) is 0 Å². The molecule has 1 atom stereocenters. The van der Waals surface area contributed by atoms with Crippen LogP contribution in [0.25, 0.3) is 22.2 Å². The zero-order chi connectivity index (χ0) is 22.9. The number of ether oxygens (including phenoxy) is 2. The van der Waals surface area contributed by atoms with Crippen molar-refractivity contribution in [3.05, 3.63) is 54.9 Å². The average molecular weight is 445 g/mol. The van der Waals surface area contributed by atoms with Crippen LogP contribution < -0.4 is 20.7 Å². The molecule has 1 aliphatic rings. The molecule has 0 radical (unpaired) electrons. The van der Waals surface area contributed by atoms with Crippen LogP contribution in [-0.4, -0.2) is 47.9 Å². The number of anilines is 4. The summed E-state index contributed by atoms with van der Waals surface area (Å²) in [6.45, 7) is 1.71. The lowest BCUT2D eigenvalue weighted by Gasteiger charge is -2.22. The maximum absolute atomic E-state index is 6.43. The van der Waals surface area contributed by atoms with Crippen molar-refractivity contribution in [2.45, 2.75) is 12.5 Å². The Morgan fingerprint density at radius 1 is 1.15 bits per heavy atom. The molecule has 1 aliphatic heterocycles. The second-order valence-corrected chi connectivity index (χ2v) is 8.27. The van der Waals surface area contributed by atoms with Gasteiger partial charge in [0.1, 0.15) is 5.75 Å². The van der Waals surface area contributed by atoms with E-state index in [0.29, 0.717) is 17.4 Å². The zero-order valence-corrected chi connectivity index (χ0v) is 19.1. The lowest BCUT2D eigenvalue weighted by molar-refractivity contribution is 0.121. The summed E-state index contributed by atoms with van der Waals surface area (Å²) >= 11 is 0. The number of rotatable bonds is 6. The first-order valence-corrected chi connectivity index (χ1v) is 11.0. The third-order valence-corrected chi connectivity index (χ3v) is 6.24. The largest absolute Gasteiger partial charge is 0.494 e. The number of benzene rings is 2. The van der Waals surface area contributed by atoms with Gasteiger partial charge < -0.3 is 30.0 Å². The van der Waals surface area contributed by atoms with Crippen LogP contribution in [0.5, 0.6) is 5.75 Å². The molecule has 8 heteroatoms. The van der Waals surface area contributed by atoms with E-state index in [4.69, 9.17) is 20.2 Å². The highest BCUT2D eigenvalue weighted by atomic mass is 16.5. The quantitative estimate of drug-likeness (QED) is 0.431. The molecule has 1 fully saturated rings. The van der Waals surface area contributed by atoms with Crippen molar-refractivity contribution in [1.29, 1.82) is 0 Å². The van der Waals surface area contributed by atoms with Gasteiger partial charge in [-0.05, 0) is 24.6 Å². The van der Waals surface area contributed by atoms with E-state index >= 15 is 0 Å². The molecule has 3 heterocycles. The summed E-state index contributed by atoms with van der Waals surface area (Å²) in [7, 11) is 5.43. The Morgan fingerprint density at radius 2 is 2.00 bits per heavy atom. The molecule has 0 amide bonds. The number of fused-ring (bicyclic) bond motifs is 1. The number of nitrogens with one attached hydrogen (secondary N) is 1. The molecule has 5 rings (SSSR count). The Labute approximate surface area is 193 Å². The van der Waals surface area contributed by atoms with E-state index in [1.807, 2.05) is 37.4 Å². The Morgan fingerprint density at radius 3 is 2.79 bits per heavy atom. The number of aromatic nitrogens is 3. The molecule has 33 heavy (non-hydrogen) atoms. The van der Waals surface area contributed by atoms with Gasteiger partial charge in [0, 0.05) is 62.2 Å². The topological polar surface area (TPSA) is 90.5 Å². The van der Waals surface area contributed by atoms with Gasteiger partial charge in [-0.2, -0.15) is 0 Å². The molecule has 0 aliphatic carbocycles. The first-order chi connectivity index (χ1) is 16.1. The normalized spacial score (nSPS) is 15.8. The monoisotopic (exact) mass is 444 g/mol. The highest BCUT2D eigenvalue weighted by molar-refractivity contribution is 5.95. The summed E-state index contributed by atoms with van der Waals surface area (Å²) in [5, 5.41) is 4.44. The summed E-state index contributed by atoms with van der Waals surface area (Å²) < 4.78 is 13.3. The predicted molar refractivity (Wildman–Crippen MR) is 132 cm³/mol. The van der Waals surface area contributed by atoms with Gasteiger partial charge >= 0.3 is 0 Å². The first-order valence-electron chi connectivity index (χ1n) is 11.0. The molecular formula is C25H28N6O2. The van der Waals surface area contributed by atoms with Gasteiger partial charge in [0.25, 0.3) is 0 Å². The van der Waals surface area contributed by atoms with Crippen molar-refractivity contribution < 1.29 is 9.47 Å². The van der Waals surface area contributed by atoms with Crippen molar-refractivity contribution in [3.8, 4) is 17.0 Å². The number of nitrogens with zero attached hydrogens (tertiary/aromatic N) is 4. The maximum Gasteiger partial charge on any atom is 0.227 e. The van der Waals surface area contributed by atoms with Gasteiger partial charge in [-0.1, -0.05) is 18.2 Å². The van der Waals surface area contributed by atoms with Crippen LogP contribution in [0.2, 0.25) is 0 Å². The van der Waals surface area contributed by atoms with Gasteiger partial charge in [0.15, 0.2) is 0 Å². The molecule has 2 aromatic heterocycles. The highest BCUT2D eigenvalue weighted by Crippen LogP contribution is 2.38. The van der Waals surface area contributed by atoms with Crippen LogP contribution in [0.3, 0.4) is 0 Å². The van der Waals surface area contributed by atoms with E-state index < -0.39 is 0 Å². The fourth-order valence-electron chi connectivity index (χ4n) is 4.50. The number of methoxy groups -OCH3 is 2. The molecule has 1 unspecified atom stereocenters. The Kier molecular flexibility index (Phi) is 5.51. The van der Waals surface area contributed by atoms with E-state index in [2.05, 4.69) is 38.1 Å². The molecule has 8 nitrogen and oxygen atoms in total. The third kappa shape index (κ3) is 3.93. The lowest BCUT2D eigenvalue weighted by Crippen LogP contribution is -2.23. The van der Waals surface area contributed by atoms with Crippen LogP contribution in [0.1, 0.15) is 6.42 Å². The molecule has 3 N–H and O–H groups in total. The number of nitrogen functional groups attached to an aromatic ring is 1. The SMILES string of the molecule is COc1cc(N2CCC(OC)C2)c(N)cc1Nc1nccc(-c2cn(C)c3ccccc23)n1. The fourth-order valence-corrected chi connectivity index (χ4v) is 4.50. The molecule has 170 valence electrons. The first kappa shape index (κ1) is 21.1. The van der Waals surface area contributed by atoms with Crippen molar-refractivity contribution in [3.63, 3.8) is 0 Å². The minimum absolute atomic E-state index is 0.221. The molecule has 4 aromatic rings. The smallest absolute Gasteiger partial charge is 0.227 e. The Bertz CT molecular complexity index is 1300. The van der Waals surface area contributed by atoms with Crippen LogP contribution in [0.15, 0.2) is 54.9 Å². The summed E-state index contributed by atoms with van der Waals surface area (Å²) in [6.07, 6.45) is 5.05. The van der Waals surface area contributed by atoms with Crippen LogP contribution in [-0.2, 0) is 11.8 Å². The fraction of sp³-hybridized carbons (Fsp3) is 0.280. The van der Waals surface area contributed by atoms with Gasteiger partial charge in [0.05, 0.1) is 36.0 Å². The van der Waals surface area contributed by atoms with E-state index in [0.717, 1.165) is 53.0 Å².